The van der Waals surface area contributed by atoms with Gasteiger partial charge in [0.05, 0.1) is 20.8 Å². The van der Waals surface area contributed by atoms with Crippen molar-refractivity contribution >= 4 is 0 Å². The molecule has 1 aromatic heterocycles. The SMILES string of the molecule is COc1ccc(C(OC[C@H]2O[C@@H](n3cc(C)c(=O)[nH]c3=O)C[C@@H]2O[N+](C(C)C)C(C)C)(c2ccccc2)c2ccc(OC)cc2)cc1. The van der Waals surface area contributed by atoms with E-state index in [0.29, 0.717) is 12.0 Å². The Balaban J connectivity index is 1.59. The highest BCUT2D eigenvalue weighted by Crippen LogP contribution is 2.43. The van der Waals surface area contributed by atoms with Crippen LogP contribution in [0, 0.1) is 6.92 Å². The number of hydroxylamine groups is 2. The van der Waals surface area contributed by atoms with Gasteiger partial charge in [0.25, 0.3) is 5.56 Å². The molecule has 0 aliphatic carbocycles. The number of hydrogen-bond acceptors (Lipinski definition) is 8. The average molecular weight is 644 g/mol. The molecule has 5 rings (SSSR count). The van der Waals surface area contributed by atoms with Crippen LogP contribution in [0.3, 0.4) is 0 Å². The molecular formula is C37H45N3O7+. The Morgan fingerprint density at radius 2 is 1.38 bits per heavy atom. The van der Waals surface area contributed by atoms with Gasteiger partial charge in [0.2, 0.25) is 0 Å². The van der Waals surface area contributed by atoms with E-state index in [4.69, 9.17) is 23.8 Å². The minimum atomic E-state index is -1.06. The number of ether oxygens (including phenoxy) is 4. The van der Waals surface area contributed by atoms with Gasteiger partial charge >= 0.3 is 5.69 Å². The van der Waals surface area contributed by atoms with Gasteiger partial charge in [-0.1, -0.05) is 54.6 Å². The lowest BCUT2D eigenvalue weighted by atomic mass is 9.80. The Labute approximate surface area is 275 Å². The summed E-state index contributed by atoms with van der Waals surface area (Å²) >= 11 is 0. The number of rotatable bonds is 13. The summed E-state index contributed by atoms with van der Waals surface area (Å²) in [6, 6.07) is 25.9. The van der Waals surface area contributed by atoms with Gasteiger partial charge in [-0.2, -0.15) is 0 Å². The summed E-state index contributed by atoms with van der Waals surface area (Å²) in [7, 11) is 3.28. The molecule has 47 heavy (non-hydrogen) atoms. The van der Waals surface area contributed by atoms with Crippen LogP contribution in [0.2, 0.25) is 0 Å². The smallest absolute Gasteiger partial charge is 0.330 e. The van der Waals surface area contributed by atoms with Gasteiger partial charge in [-0.15, -0.1) is 4.84 Å². The van der Waals surface area contributed by atoms with Crippen LogP contribution in [0.25, 0.3) is 0 Å². The van der Waals surface area contributed by atoms with Crippen molar-refractivity contribution in [3.8, 4) is 11.5 Å². The fraction of sp³-hybridized carbons (Fsp3) is 0.405. The number of methoxy groups -OCH3 is 2. The van der Waals surface area contributed by atoms with Crippen molar-refractivity contribution in [3.63, 3.8) is 0 Å². The van der Waals surface area contributed by atoms with Crippen LogP contribution in [0.5, 0.6) is 11.5 Å². The Morgan fingerprint density at radius 1 is 0.851 bits per heavy atom. The summed E-state index contributed by atoms with van der Waals surface area (Å²) in [5, 5.41) is 1.95. The first-order chi connectivity index (χ1) is 22.6. The molecule has 1 aliphatic heterocycles. The molecule has 1 aliphatic rings. The van der Waals surface area contributed by atoms with Crippen molar-refractivity contribution in [2.45, 2.75) is 77.2 Å². The lowest BCUT2D eigenvalue weighted by Crippen LogP contribution is -2.48. The summed E-state index contributed by atoms with van der Waals surface area (Å²) in [6.07, 6.45) is 0.213. The molecule has 3 atom stereocenters. The molecule has 0 spiro atoms. The molecule has 10 heteroatoms. The molecule has 0 amide bonds. The lowest BCUT2D eigenvalue weighted by Gasteiger charge is -2.37. The molecule has 0 unspecified atom stereocenters. The average Bonchev–Trinajstić information content (AvgIpc) is 3.48. The van der Waals surface area contributed by atoms with Crippen LogP contribution in [-0.4, -0.2) is 54.7 Å². The van der Waals surface area contributed by atoms with E-state index < -0.39 is 35.3 Å². The van der Waals surface area contributed by atoms with Gasteiger partial charge in [-0.3, -0.25) is 14.3 Å². The molecule has 1 N–H and O–H groups in total. The number of aryl methyl sites for hydroxylation is 1. The fourth-order valence-electron chi connectivity index (χ4n) is 6.21. The number of aromatic nitrogens is 2. The first kappa shape index (κ1) is 34.1. The van der Waals surface area contributed by atoms with E-state index in [2.05, 4.69) is 32.7 Å². The molecule has 1 saturated heterocycles. The summed E-state index contributed by atoms with van der Waals surface area (Å²) < 4.78 is 26.2. The second kappa shape index (κ2) is 14.7. The third kappa shape index (κ3) is 7.21. The van der Waals surface area contributed by atoms with Gasteiger partial charge in [0, 0.05) is 18.2 Å². The van der Waals surface area contributed by atoms with Gasteiger partial charge in [0.15, 0.2) is 18.2 Å². The van der Waals surface area contributed by atoms with E-state index in [9.17, 15) is 9.59 Å². The van der Waals surface area contributed by atoms with Crippen molar-refractivity contribution in [2.75, 3.05) is 20.8 Å². The Kier molecular flexibility index (Phi) is 10.7. The van der Waals surface area contributed by atoms with Crippen LogP contribution in [0.15, 0.2) is 94.6 Å². The molecule has 0 bridgehead atoms. The van der Waals surface area contributed by atoms with E-state index in [1.165, 1.54) is 10.8 Å². The number of benzene rings is 3. The van der Waals surface area contributed by atoms with Crippen LogP contribution >= 0.6 is 0 Å². The summed E-state index contributed by atoms with van der Waals surface area (Å²) in [5.41, 5.74) is 1.09. The van der Waals surface area contributed by atoms with Crippen molar-refractivity contribution in [2.24, 2.45) is 0 Å². The number of hydrogen-bond donors (Lipinski definition) is 1. The summed E-state index contributed by atoms with van der Waals surface area (Å²) in [5.74, 6) is 1.45. The molecule has 1 fully saturated rings. The van der Waals surface area contributed by atoms with Gasteiger partial charge in [-0.25, -0.2) is 4.79 Å². The topological polar surface area (TPSA) is 107 Å². The zero-order valence-corrected chi connectivity index (χ0v) is 28.1. The van der Waals surface area contributed by atoms with Crippen molar-refractivity contribution in [1.82, 2.24) is 14.6 Å². The zero-order valence-electron chi connectivity index (χ0n) is 28.1. The molecule has 10 nitrogen and oxygen atoms in total. The highest BCUT2D eigenvalue weighted by molar-refractivity contribution is 5.49. The third-order valence-corrected chi connectivity index (χ3v) is 8.55. The molecule has 3 aromatic carbocycles. The van der Waals surface area contributed by atoms with E-state index >= 15 is 0 Å². The Hall–Kier alpha value is -4.22. The molecule has 249 valence electrons. The van der Waals surface area contributed by atoms with Crippen LogP contribution < -0.4 is 25.8 Å². The van der Waals surface area contributed by atoms with Gasteiger partial charge in [0.1, 0.15) is 29.4 Å². The maximum absolute atomic E-state index is 12.9. The second-order valence-electron chi connectivity index (χ2n) is 12.4. The molecule has 4 aromatic rings. The number of nitrogens with zero attached hydrogens (tertiary/aromatic N) is 2. The maximum atomic E-state index is 12.9. The minimum absolute atomic E-state index is 0.0932. The van der Waals surface area contributed by atoms with Gasteiger partial charge < -0.3 is 18.9 Å². The first-order valence-electron chi connectivity index (χ1n) is 16.0. The number of aromatic amines is 1. The number of nitrogens with one attached hydrogen (secondary N) is 1. The van der Waals surface area contributed by atoms with E-state index in [-0.39, 0.29) is 18.7 Å². The molecular weight excluding hydrogens is 598 g/mol. The van der Waals surface area contributed by atoms with Crippen molar-refractivity contribution in [3.05, 3.63) is 128 Å². The van der Waals surface area contributed by atoms with Crippen molar-refractivity contribution in [1.29, 1.82) is 0 Å². The fourth-order valence-corrected chi connectivity index (χ4v) is 6.21. The highest BCUT2D eigenvalue weighted by atomic mass is 16.7. The molecule has 1 radical (unpaired) electrons. The van der Waals surface area contributed by atoms with Gasteiger partial charge in [-0.05, 0) is 80.6 Å². The van der Waals surface area contributed by atoms with Crippen LogP contribution in [0.4, 0.5) is 0 Å². The summed E-state index contributed by atoms with van der Waals surface area (Å²) in [4.78, 5) is 34.1. The third-order valence-electron chi connectivity index (χ3n) is 8.55. The lowest BCUT2D eigenvalue weighted by molar-refractivity contribution is -0.180. The van der Waals surface area contributed by atoms with Crippen LogP contribution in [-0.2, 0) is 19.9 Å². The maximum Gasteiger partial charge on any atom is 0.330 e. The second-order valence-corrected chi connectivity index (χ2v) is 12.4. The zero-order chi connectivity index (χ0) is 33.7. The monoisotopic (exact) mass is 643 g/mol. The Morgan fingerprint density at radius 3 is 1.89 bits per heavy atom. The Bertz CT molecular complexity index is 1660. The minimum Gasteiger partial charge on any atom is -0.497 e. The molecule has 2 heterocycles. The standard InChI is InChI=1S/C37H45N3O7/c1-24(2)40(25(3)4)47-32-21-34(39-22-26(5)35(41)38-36(39)42)46-33(32)23-45-37(27-11-9-8-10-12-27,28-13-17-30(43-6)18-14-28)29-15-19-31(44-7)20-16-29/h8-20,22,24-25,32-34H,21,23H2,1-7H3,(H,38,41,42)/q+1/t32-,33+,34+/m0/s1. The summed E-state index contributed by atoms with van der Waals surface area (Å²) in [6.45, 7) is 10.1. The van der Waals surface area contributed by atoms with E-state index in [1.807, 2.05) is 83.9 Å². The normalized spacial score (nSPS) is 18.3. The highest BCUT2D eigenvalue weighted by Gasteiger charge is 2.46. The van der Waals surface area contributed by atoms with Crippen LogP contribution in [0.1, 0.15) is 62.6 Å². The predicted octanol–water partition coefficient (Wildman–Crippen LogP) is 5.42. The van der Waals surface area contributed by atoms with E-state index in [1.54, 1.807) is 21.1 Å². The predicted molar refractivity (Wildman–Crippen MR) is 180 cm³/mol. The number of H-pyrrole nitrogens is 1. The molecule has 0 saturated carbocycles. The first-order valence-corrected chi connectivity index (χ1v) is 16.0. The van der Waals surface area contributed by atoms with Crippen molar-refractivity contribution < 1.29 is 23.8 Å². The quantitative estimate of drug-likeness (QED) is 0.118. The largest absolute Gasteiger partial charge is 0.497 e. The van der Waals surface area contributed by atoms with E-state index in [0.717, 1.165) is 28.2 Å².